The van der Waals surface area contributed by atoms with E-state index in [0.717, 1.165) is 11.8 Å². The molecule has 1 rings (SSSR count). The normalized spacial score (nSPS) is 11.5. The Labute approximate surface area is 99.9 Å². The molecule has 0 heterocycles. The number of hydrogen-bond donors (Lipinski definition) is 1. The molecule has 15 heavy (non-hydrogen) atoms. The zero-order valence-electron chi connectivity index (χ0n) is 7.38. The van der Waals surface area contributed by atoms with Crippen LogP contribution in [-0.2, 0) is 18.3 Å². The summed E-state index contributed by atoms with van der Waals surface area (Å²) in [6.07, 6.45) is 0.839. The van der Waals surface area contributed by atoms with E-state index in [2.05, 4.69) is 4.99 Å². The van der Waals surface area contributed by atoms with Crippen LogP contribution in [0.25, 0.3) is 0 Å². The molecule has 1 aromatic carbocycles. The third kappa shape index (κ3) is 4.65. The van der Waals surface area contributed by atoms with Gasteiger partial charge < -0.3 is 0 Å². The second-order valence-electron chi connectivity index (χ2n) is 2.46. The first-order valence-corrected chi connectivity index (χ1v) is 9.27. The summed E-state index contributed by atoms with van der Waals surface area (Å²) in [5, 5.41) is 8.44. The molecule has 1 aromatic rings. The van der Waals surface area contributed by atoms with Crippen molar-refractivity contribution in [1.82, 2.24) is 0 Å². The monoisotopic (exact) mass is 333 g/mol. The third-order valence-corrected chi connectivity index (χ3v) is 3.27. The topological polar surface area (TPSA) is 49.7 Å². The molecule has 0 saturated heterocycles. The summed E-state index contributed by atoms with van der Waals surface area (Å²) in [5.74, 6) is -1.09. The number of carboxylic acids is 1. The maximum absolute atomic E-state index is 10.3. The molecule has 0 bridgehead atoms. The van der Waals surface area contributed by atoms with Crippen molar-refractivity contribution >= 4 is 41.9 Å². The molecule has 0 unspecified atom stereocenters. The van der Waals surface area contributed by atoms with Crippen molar-refractivity contribution in [3.8, 4) is 0 Å². The number of aliphatic carboxylic acids is 1. The first-order valence-electron chi connectivity index (χ1n) is 3.79. The third-order valence-electron chi connectivity index (χ3n) is 1.44. The molecule has 0 aliphatic heterocycles. The number of aliphatic imine (C=N–C) groups is 1. The van der Waals surface area contributed by atoms with Crippen molar-refractivity contribution in [1.29, 1.82) is 0 Å². The SMILES string of the molecule is O=C(O)C=Nc1ccccc1[CH]=[Ru]([Cl])[Cl]. The van der Waals surface area contributed by atoms with Crippen molar-refractivity contribution in [2.75, 3.05) is 0 Å². The van der Waals surface area contributed by atoms with Crippen LogP contribution < -0.4 is 0 Å². The van der Waals surface area contributed by atoms with E-state index in [-0.39, 0.29) is 0 Å². The maximum atomic E-state index is 10.3. The zero-order chi connectivity index (χ0) is 11.3. The molecule has 6 heteroatoms. The van der Waals surface area contributed by atoms with Crippen LogP contribution in [0.4, 0.5) is 5.69 Å². The first-order chi connectivity index (χ1) is 7.09. The van der Waals surface area contributed by atoms with Crippen LogP contribution in [0.5, 0.6) is 0 Å². The molecule has 3 nitrogen and oxygen atoms in total. The van der Waals surface area contributed by atoms with Gasteiger partial charge in [0.05, 0.1) is 0 Å². The van der Waals surface area contributed by atoms with Gasteiger partial charge in [-0.3, -0.25) is 0 Å². The summed E-state index contributed by atoms with van der Waals surface area (Å²) < 4.78 is 1.72. The molecule has 82 valence electrons. The van der Waals surface area contributed by atoms with Crippen molar-refractivity contribution in [3.63, 3.8) is 0 Å². The number of benzene rings is 1. The van der Waals surface area contributed by atoms with Crippen LogP contribution in [0.3, 0.4) is 0 Å². The molecule has 0 fully saturated rings. The van der Waals surface area contributed by atoms with E-state index in [0.29, 0.717) is 5.69 Å². The number of halogens is 2. The Bertz CT molecular complexity index is 428. The zero-order valence-corrected chi connectivity index (χ0v) is 10.6. The fraction of sp³-hybridized carbons (Fsp3) is 0. The van der Waals surface area contributed by atoms with E-state index in [1.54, 1.807) is 22.8 Å². The molecule has 1 N–H and O–H groups in total. The van der Waals surface area contributed by atoms with Gasteiger partial charge in [-0.05, 0) is 0 Å². The Morgan fingerprint density at radius 3 is 2.67 bits per heavy atom. The molecule has 0 spiro atoms. The Kier molecular flexibility index (Phi) is 5.09. The predicted molar refractivity (Wildman–Crippen MR) is 59.1 cm³/mol. The number of hydrogen-bond acceptors (Lipinski definition) is 2. The summed E-state index contributed by atoms with van der Waals surface area (Å²) in [4.78, 5) is 14.1. The van der Waals surface area contributed by atoms with Crippen molar-refractivity contribution in [2.24, 2.45) is 4.99 Å². The van der Waals surface area contributed by atoms with E-state index < -0.39 is 19.5 Å². The Morgan fingerprint density at radius 1 is 1.40 bits per heavy atom. The fourth-order valence-electron chi connectivity index (χ4n) is 0.899. The van der Waals surface area contributed by atoms with Crippen LogP contribution in [0.2, 0.25) is 0 Å². The van der Waals surface area contributed by atoms with E-state index in [1.807, 2.05) is 6.07 Å². The quantitative estimate of drug-likeness (QED) is 0.683. The second-order valence-corrected chi connectivity index (χ2v) is 8.19. The number of carbonyl (C=O) groups is 1. The van der Waals surface area contributed by atoms with Gasteiger partial charge in [-0.25, -0.2) is 0 Å². The fourth-order valence-corrected chi connectivity index (χ4v) is 2.72. The molecule has 0 aliphatic rings. The van der Waals surface area contributed by atoms with Crippen molar-refractivity contribution in [2.45, 2.75) is 0 Å². The molecule has 0 saturated carbocycles. The van der Waals surface area contributed by atoms with E-state index >= 15 is 0 Å². The summed E-state index contributed by atoms with van der Waals surface area (Å²) in [6, 6.07) is 7.08. The van der Waals surface area contributed by atoms with Gasteiger partial charge in [-0.15, -0.1) is 0 Å². The average Bonchev–Trinajstić information content (AvgIpc) is 2.15. The van der Waals surface area contributed by atoms with Gasteiger partial charge in [0.1, 0.15) is 0 Å². The Balaban J connectivity index is 3.07. The second kappa shape index (κ2) is 6.11. The minimum absolute atomic E-state index is 0.555. The Hall–Kier alpha value is -0.567. The van der Waals surface area contributed by atoms with Crippen molar-refractivity contribution < 1.29 is 23.4 Å². The van der Waals surface area contributed by atoms with Crippen LogP contribution >= 0.6 is 19.4 Å². The number of nitrogens with zero attached hydrogens (tertiary/aromatic N) is 1. The molecule has 0 aliphatic carbocycles. The molecule has 0 radical (unpaired) electrons. The van der Waals surface area contributed by atoms with Crippen LogP contribution in [0.15, 0.2) is 29.3 Å². The summed E-state index contributed by atoms with van der Waals surface area (Å²) in [7, 11) is 11.5. The van der Waals surface area contributed by atoms with Gasteiger partial charge in [-0.1, -0.05) is 0 Å². The number of para-hydroxylation sites is 1. The molecular weight excluding hydrogens is 326 g/mol. The van der Waals surface area contributed by atoms with Gasteiger partial charge in [0.25, 0.3) is 0 Å². The van der Waals surface area contributed by atoms with E-state index in [1.165, 1.54) is 0 Å². The first kappa shape index (κ1) is 12.5. The summed E-state index contributed by atoms with van der Waals surface area (Å²) >= 11 is -1.92. The van der Waals surface area contributed by atoms with Gasteiger partial charge in [0.2, 0.25) is 0 Å². The number of carboxylic acid groups (broad SMARTS) is 1. The standard InChI is InChI=1S/C9H7NO2.2ClH.Ru/c1-7-4-2-3-5-8(7)10-6-9(11)12;;;/h1-6H,(H,11,12);2*1H;/q;;;+2/p-2. The molecular formula is C9H7Cl2NO2Ru. The van der Waals surface area contributed by atoms with Gasteiger partial charge in [0, 0.05) is 0 Å². The Morgan fingerprint density at radius 2 is 2.07 bits per heavy atom. The molecule has 0 amide bonds. The average molecular weight is 333 g/mol. The van der Waals surface area contributed by atoms with Gasteiger partial charge >= 0.3 is 100 Å². The van der Waals surface area contributed by atoms with Crippen LogP contribution in [0, 0.1) is 0 Å². The minimum atomic E-state index is -1.92. The van der Waals surface area contributed by atoms with Gasteiger partial charge in [-0.2, -0.15) is 0 Å². The molecule has 0 atom stereocenters. The summed E-state index contributed by atoms with van der Waals surface area (Å²) in [6.45, 7) is 0. The van der Waals surface area contributed by atoms with E-state index in [4.69, 9.17) is 24.5 Å². The summed E-state index contributed by atoms with van der Waals surface area (Å²) in [5.41, 5.74) is 1.32. The van der Waals surface area contributed by atoms with Crippen LogP contribution in [0.1, 0.15) is 5.56 Å². The van der Waals surface area contributed by atoms with E-state index in [9.17, 15) is 4.79 Å². The van der Waals surface area contributed by atoms with Crippen molar-refractivity contribution in [3.05, 3.63) is 29.8 Å². The van der Waals surface area contributed by atoms with Crippen LogP contribution in [-0.4, -0.2) is 21.9 Å². The number of rotatable bonds is 3. The predicted octanol–water partition coefficient (Wildman–Crippen LogP) is 2.55. The molecule has 0 aromatic heterocycles. The van der Waals surface area contributed by atoms with Gasteiger partial charge in [0.15, 0.2) is 0 Å².